The molecule has 1 aliphatic carbocycles. The van der Waals surface area contributed by atoms with Crippen LogP contribution < -0.4 is 0 Å². The van der Waals surface area contributed by atoms with Crippen molar-refractivity contribution >= 4 is 0 Å². The number of hydrogen-bond donors (Lipinski definition) is 1. The van der Waals surface area contributed by atoms with Crippen molar-refractivity contribution in [3.8, 4) is 0 Å². The molecular weight excluding hydrogens is 324 g/mol. The van der Waals surface area contributed by atoms with Crippen molar-refractivity contribution in [3.63, 3.8) is 0 Å². The second-order valence-electron chi connectivity index (χ2n) is 6.55. The number of halogens is 2. The first-order valence-corrected chi connectivity index (χ1v) is 8.10. The summed E-state index contributed by atoms with van der Waals surface area (Å²) in [7, 11) is 0. The van der Waals surface area contributed by atoms with Gasteiger partial charge in [-0.25, -0.2) is 18.4 Å². The average molecular weight is 341 g/mol. The molecule has 1 atom stereocenters. The molecule has 1 heterocycles. The van der Waals surface area contributed by atoms with Gasteiger partial charge in [0.05, 0.1) is 6.54 Å². The first kappa shape index (κ1) is 15.9. The summed E-state index contributed by atoms with van der Waals surface area (Å²) in [5.41, 5.74) is -0.413. The van der Waals surface area contributed by atoms with Crippen molar-refractivity contribution < 1.29 is 13.9 Å². The van der Waals surface area contributed by atoms with E-state index in [1.165, 1.54) is 36.9 Å². The summed E-state index contributed by atoms with van der Waals surface area (Å²) >= 11 is 0. The Morgan fingerprint density at radius 1 is 1.00 bits per heavy atom. The molecule has 1 unspecified atom stereocenters. The summed E-state index contributed by atoms with van der Waals surface area (Å²) in [6.07, 6.45) is 4.44. The fraction of sp³-hybridized carbons (Fsp3) is 0.263. The molecule has 6 heteroatoms. The van der Waals surface area contributed by atoms with E-state index in [2.05, 4.69) is 10.1 Å². The van der Waals surface area contributed by atoms with E-state index in [0.29, 0.717) is 5.56 Å². The van der Waals surface area contributed by atoms with Gasteiger partial charge in [0.25, 0.3) is 0 Å². The lowest BCUT2D eigenvalue weighted by Gasteiger charge is -2.37. The standard InChI is InChI=1S/C19H17F2N3O/c20-16-5-1-14(2-6-16)18(9-10-18)19(25,11-24-13-22-12-23-24)15-3-7-17(21)8-4-15/h1-8,12-13,25H,9-11H2. The minimum absolute atomic E-state index is 0.177. The maximum Gasteiger partial charge on any atom is 0.137 e. The molecule has 0 bridgehead atoms. The smallest absolute Gasteiger partial charge is 0.137 e. The zero-order valence-electron chi connectivity index (χ0n) is 13.4. The number of benzene rings is 2. The highest BCUT2D eigenvalue weighted by atomic mass is 19.1. The van der Waals surface area contributed by atoms with Gasteiger partial charge in [-0.15, -0.1) is 0 Å². The topological polar surface area (TPSA) is 50.9 Å². The summed E-state index contributed by atoms with van der Waals surface area (Å²) in [4.78, 5) is 3.93. The Morgan fingerprint density at radius 2 is 1.60 bits per heavy atom. The molecule has 0 radical (unpaired) electrons. The third-order valence-electron chi connectivity index (χ3n) is 5.12. The van der Waals surface area contributed by atoms with Gasteiger partial charge in [-0.2, -0.15) is 5.10 Å². The van der Waals surface area contributed by atoms with Crippen LogP contribution in [-0.2, 0) is 17.6 Å². The summed E-state index contributed by atoms with van der Waals surface area (Å²) in [5, 5.41) is 15.9. The van der Waals surface area contributed by atoms with Gasteiger partial charge < -0.3 is 5.11 Å². The molecule has 1 N–H and O–H groups in total. The molecule has 3 aromatic rings. The van der Waals surface area contributed by atoms with Crippen molar-refractivity contribution in [1.82, 2.24) is 14.8 Å². The molecule has 25 heavy (non-hydrogen) atoms. The van der Waals surface area contributed by atoms with Gasteiger partial charge in [-0.3, -0.25) is 0 Å². The number of rotatable bonds is 5. The minimum Gasteiger partial charge on any atom is -0.382 e. The quantitative estimate of drug-likeness (QED) is 0.775. The number of aromatic nitrogens is 3. The van der Waals surface area contributed by atoms with Crippen molar-refractivity contribution in [1.29, 1.82) is 0 Å². The van der Waals surface area contributed by atoms with Crippen molar-refractivity contribution in [3.05, 3.63) is 83.9 Å². The van der Waals surface area contributed by atoms with Crippen LogP contribution in [0.1, 0.15) is 24.0 Å². The molecule has 4 rings (SSSR count). The normalized spacial score (nSPS) is 17.9. The maximum atomic E-state index is 13.4. The highest BCUT2D eigenvalue weighted by Gasteiger charge is 2.60. The monoisotopic (exact) mass is 341 g/mol. The minimum atomic E-state index is -1.31. The van der Waals surface area contributed by atoms with E-state index in [4.69, 9.17) is 0 Å². The van der Waals surface area contributed by atoms with Crippen LogP contribution in [0.5, 0.6) is 0 Å². The highest BCUT2D eigenvalue weighted by molar-refractivity contribution is 5.41. The second-order valence-corrected chi connectivity index (χ2v) is 6.55. The van der Waals surface area contributed by atoms with Gasteiger partial charge in [0, 0.05) is 5.41 Å². The molecule has 0 amide bonds. The number of aliphatic hydroxyl groups is 1. The molecule has 4 nitrogen and oxygen atoms in total. The third kappa shape index (κ3) is 2.62. The summed E-state index contributed by atoms with van der Waals surface area (Å²) in [5.74, 6) is -0.681. The van der Waals surface area contributed by atoms with Crippen LogP contribution in [0.4, 0.5) is 8.78 Å². The van der Waals surface area contributed by atoms with Gasteiger partial charge in [-0.05, 0) is 48.2 Å². The van der Waals surface area contributed by atoms with E-state index in [-0.39, 0.29) is 18.2 Å². The van der Waals surface area contributed by atoms with E-state index in [0.717, 1.165) is 18.4 Å². The Morgan fingerprint density at radius 3 is 2.12 bits per heavy atom. The molecular formula is C19H17F2N3O. The predicted molar refractivity (Wildman–Crippen MR) is 87.6 cm³/mol. The van der Waals surface area contributed by atoms with Crippen molar-refractivity contribution in [2.75, 3.05) is 0 Å². The third-order valence-corrected chi connectivity index (χ3v) is 5.12. The number of nitrogens with zero attached hydrogens (tertiary/aromatic N) is 3. The molecule has 1 aliphatic rings. The van der Waals surface area contributed by atoms with Gasteiger partial charge in [-0.1, -0.05) is 24.3 Å². The summed E-state index contributed by atoms with van der Waals surface area (Å²) in [6, 6.07) is 12.1. The molecule has 0 spiro atoms. The van der Waals surface area contributed by atoms with Crippen LogP contribution in [-0.4, -0.2) is 19.9 Å². The Hall–Kier alpha value is -2.60. The highest BCUT2D eigenvalue weighted by Crippen LogP contribution is 2.60. The van der Waals surface area contributed by atoms with E-state index in [1.54, 1.807) is 28.9 Å². The van der Waals surface area contributed by atoms with Crippen LogP contribution in [0.25, 0.3) is 0 Å². The first-order chi connectivity index (χ1) is 12.0. The van der Waals surface area contributed by atoms with Gasteiger partial charge in [0.1, 0.15) is 29.9 Å². The summed E-state index contributed by atoms with van der Waals surface area (Å²) in [6.45, 7) is 0.177. The Balaban J connectivity index is 1.82. The van der Waals surface area contributed by atoms with E-state index < -0.39 is 11.0 Å². The fourth-order valence-corrected chi connectivity index (χ4v) is 3.63. The van der Waals surface area contributed by atoms with Gasteiger partial charge in [0.15, 0.2) is 0 Å². The van der Waals surface area contributed by atoms with Crippen LogP contribution >= 0.6 is 0 Å². The van der Waals surface area contributed by atoms with Crippen LogP contribution in [0, 0.1) is 11.6 Å². The first-order valence-electron chi connectivity index (χ1n) is 8.10. The van der Waals surface area contributed by atoms with Crippen molar-refractivity contribution in [2.45, 2.75) is 30.4 Å². The molecule has 1 aromatic heterocycles. The SMILES string of the molecule is OC(Cn1cncn1)(c1ccc(F)cc1)C1(c2ccc(F)cc2)CC1. The molecule has 2 aromatic carbocycles. The molecule has 0 aliphatic heterocycles. The molecule has 128 valence electrons. The molecule has 1 fully saturated rings. The van der Waals surface area contributed by atoms with Crippen molar-refractivity contribution in [2.24, 2.45) is 0 Å². The molecule has 1 saturated carbocycles. The maximum absolute atomic E-state index is 13.4. The fourth-order valence-electron chi connectivity index (χ4n) is 3.63. The van der Waals surface area contributed by atoms with E-state index in [1.807, 2.05) is 0 Å². The average Bonchev–Trinajstić information content (AvgIpc) is 3.28. The number of hydrogen-bond acceptors (Lipinski definition) is 3. The Labute approximate surface area is 143 Å². The predicted octanol–water partition coefficient (Wildman–Crippen LogP) is 3.18. The Bertz CT molecular complexity index is 859. The largest absolute Gasteiger partial charge is 0.382 e. The molecule has 0 saturated heterocycles. The van der Waals surface area contributed by atoms with Crippen LogP contribution in [0.3, 0.4) is 0 Å². The lowest BCUT2D eigenvalue weighted by molar-refractivity contribution is -0.0247. The zero-order chi connectivity index (χ0) is 17.5. The second kappa shape index (κ2) is 5.74. The van der Waals surface area contributed by atoms with E-state index in [9.17, 15) is 13.9 Å². The zero-order valence-corrected chi connectivity index (χ0v) is 13.4. The van der Waals surface area contributed by atoms with Crippen LogP contribution in [0.2, 0.25) is 0 Å². The Kier molecular flexibility index (Phi) is 3.65. The van der Waals surface area contributed by atoms with E-state index >= 15 is 0 Å². The summed E-state index contributed by atoms with van der Waals surface area (Å²) < 4.78 is 28.3. The van der Waals surface area contributed by atoms with Gasteiger partial charge in [0.2, 0.25) is 0 Å². The lowest BCUT2D eigenvalue weighted by Crippen LogP contribution is -2.43. The van der Waals surface area contributed by atoms with Crippen LogP contribution in [0.15, 0.2) is 61.2 Å². The lowest BCUT2D eigenvalue weighted by atomic mass is 9.74. The van der Waals surface area contributed by atoms with Gasteiger partial charge >= 0.3 is 0 Å².